The van der Waals surface area contributed by atoms with E-state index in [1.807, 2.05) is 0 Å². The molecular formula is C19H22N4O6S. The quantitative estimate of drug-likeness (QED) is 0.278. The molecule has 0 aliphatic heterocycles. The summed E-state index contributed by atoms with van der Waals surface area (Å²) in [5, 5.41) is 15.4. The Morgan fingerprint density at radius 2 is 1.83 bits per heavy atom. The van der Waals surface area contributed by atoms with Crippen molar-refractivity contribution in [3.8, 4) is 0 Å². The van der Waals surface area contributed by atoms with Crippen LogP contribution < -0.4 is 5.43 Å². The van der Waals surface area contributed by atoms with Crippen molar-refractivity contribution in [3.63, 3.8) is 0 Å². The summed E-state index contributed by atoms with van der Waals surface area (Å²) in [5.74, 6) is -0.466. The summed E-state index contributed by atoms with van der Waals surface area (Å²) in [6.07, 6.45) is 1.41. The standard InChI is InChI=1S/C19H22N4O6S/c1-4-22(5-2)30(27,28)16-10-11-17(18(12-16)23(25)26)21-20-13-14-6-8-15(9-7-14)19(24)29-3/h6-13,21H,4-5H2,1-3H3/b20-13-. The van der Waals surface area contributed by atoms with E-state index in [4.69, 9.17) is 0 Å². The zero-order valence-corrected chi connectivity index (χ0v) is 17.5. The largest absolute Gasteiger partial charge is 0.465 e. The van der Waals surface area contributed by atoms with Gasteiger partial charge in [-0.15, -0.1) is 0 Å². The summed E-state index contributed by atoms with van der Waals surface area (Å²) in [5.41, 5.74) is 3.20. The second kappa shape index (κ2) is 9.94. The minimum atomic E-state index is -3.83. The van der Waals surface area contributed by atoms with E-state index in [0.29, 0.717) is 11.1 Å². The number of nitrogens with zero attached hydrogens (tertiary/aromatic N) is 3. The van der Waals surface area contributed by atoms with Crippen LogP contribution in [0.15, 0.2) is 52.5 Å². The number of nitrogens with one attached hydrogen (secondary N) is 1. The van der Waals surface area contributed by atoms with Crippen LogP contribution in [0.4, 0.5) is 11.4 Å². The SMILES string of the molecule is CCN(CC)S(=O)(=O)c1ccc(N/N=C\c2ccc(C(=O)OC)cc2)c([N+](=O)[O-])c1. The monoisotopic (exact) mass is 434 g/mol. The van der Waals surface area contributed by atoms with E-state index in [2.05, 4.69) is 15.3 Å². The lowest BCUT2D eigenvalue weighted by atomic mass is 10.1. The number of hydrazone groups is 1. The number of rotatable bonds is 9. The first-order chi connectivity index (χ1) is 14.2. The van der Waals surface area contributed by atoms with E-state index in [9.17, 15) is 23.3 Å². The molecule has 0 aliphatic carbocycles. The van der Waals surface area contributed by atoms with Gasteiger partial charge in [0.2, 0.25) is 10.0 Å². The maximum absolute atomic E-state index is 12.6. The highest BCUT2D eigenvalue weighted by molar-refractivity contribution is 7.89. The second-order valence-electron chi connectivity index (χ2n) is 6.01. The van der Waals surface area contributed by atoms with E-state index < -0.39 is 26.6 Å². The normalized spacial score (nSPS) is 11.6. The third-order valence-electron chi connectivity index (χ3n) is 4.24. The molecule has 0 amide bonds. The van der Waals surface area contributed by atoms with Gasteiger partial charge in [0, 0.05) is 19.2 Å². The predicted molar refractivity (Wildman–Crippen MR) is 112 cm³/mol. The average Bonchev–Trinajstić information content (AvgIpc) is 2.74. The molecule has 0 heterocycles. The Bertz CT molecular complexity index is 1050. The smallest absolute Gasteiger partial charge is 0.337 e. The summed E-state index contributed by atoms with van der Waals surface area (Å²) in [7, 11) is -2.54. The van der Waals surface area contributed by atoms with Crippen molar-refractivity contribution in [2.45, 2.75) is 18.7 Å². The van der Waals surface area contributed by atoms with Crippen molar-refractivity contribution < 1.29 is 22.9 Å². The highest BCUT2D eigenvalue weighted by Gasteiger charge is 2.25. The molecule has 2 rings (SSSR count). The van der Waals surface area contributed by atoms with Gasteiger partial charge < -0.3 is 4.74 Å². The lowest BCUT2D eigenvalue weighted by Crippen LogP contribution is -2.30. The van der Waals surface area contributed by atoms with Crippen LogP contribution in [0.25, 0.3) is 0 Å². The molecular weight excluding hydrogens is 412 g/mol. The van der Waals surface area contributed by atoms with Gasteiger partial charge in [-0.1, -0.05) is 26.0 Å². The molecule has 0 bridgehead atoms. The number of esters is 1. The lowest BCUT2D eigenvalue weighted by Gasteiger charge is -2.18. The number of hydrogen-bond acceptors (Lipinski definition) is 8. The predicted octanol–water partition coefficient (Wildman–Crippen LogP) is 2.86. The number of sulfonamides is 1. The number of hydrogen-bond donors (Lipinski definition) is 1. The maximum atomic E-state index is 12.6. The van der Waals surface area contributed by atoms with Crippen molar-refractivity contribution in [2.75, 3.05) is 25.6 Å². The van der Waals surface area contributed by atoms with Crippen molar-refractivity contribution in [1.29, 1.82) is 0 Å². The second-order valence-corrected chi connectivity index (χ2v) is 7.95. The van der Waals surface area contributed by atoms with Gasteiger partial charge in [-0.3, -0.25) is 15.5 Å². The molecule has 0 aromatic heterocycles. The third-order valence-corrected chi connectivity index (χ3v) is 6.29. The van der Waals surface area contributed by atoms with E-state index >= 15 is 0 Å². The molecule has 30 heavy (non-hydrogen) atoms. The first-order valence-electron chi connectivity index (χ1n) is 9.00. The summed E-state index contributed by atoms with van der Waals surface area (Å²) in [6, 6.07) is 9.98. The molecule has 0 unspecified atom stereocenters. The van der Waals surface area contributed by atoms with Crippen LogP contribution in [0.3, 0.4) is 0 Å². The fourth-order valence-corrected chi connectivity index (χ4v) is 4.11. The van der Waals surface area contributed by atoms with Gasteiger partial charge in [-0.05, 0) is 29.8 Å². The Labute approximate surface area is 174 Å². The van der Waals surface area contributed by atoms with Crippen LogP contribution in [0.5, 0.6) is 0 Å². The van der Waals surface area contributed by atoms with Crippen molar-refractivity contribution in [3.05, 3.63) is 63.7 Å². The van der Waals surface area contributed by atoms with Gasteiger partial charge in [0.25, 0.3) is 5.69 Å². The average molecular weight is 434 g/mol. The van der Waals surface area contributed by atoms with Crippen LogP contribution in [0, 0.1) is 10.1 Å². The Hall–Kier alpha value is -3.31. The van der Waals surface area contributed by atoms with E-state index in [0.717, 1.165) is 6.07 Å². The fourth-order valence-electron chi connectivity index (χ4n) is 2.63. The number of carbonyl (C=O) groups is 1. The molecule has 11 heteroatoms. The van der Waals surface area contributed by atoms with Crippen molar-refractivity contribution >= 4 is 33.6 Å². The summed E-state index contributed by atoms with van der Waals surface area (Å²) in [6.45, 7) is 3.90. The molecule has 0 radical (unpaired) electrons. The Kier molecular flexibility index (Phi) is 7.61. The fraction of sp³-hybridized carbons (Fsp3) is 0.263. The number of anilines is 1. The van der Waals surface area contributed by atoms with Gasteiger partial charge in [-0.25, -0.2) is 13.2 Å². The van der Waals surface area contributed by atoms with E-state index in [1.165, 1.54) is 29.8 Å². The van der Waals surface area contributed by atoms with Gasteiger partial charge in [0.1, 0.15) is 5.69 Å². The molecule has 0 fully saturated rings. The highest BCUT2D eigenvalue weighted by Crippen LogP contribution is 2.29. The number of nitro groups is 1. The molecule has 2 aromatic rings. The molecule has 10 nitrogen and oxygen atoms in total. The van der Waals surface area contributed by atoms with Gasteiger partial charge in [0.15, 0.2) is 0 Å². The zero-order chi connectivity index (χ0) is 22.3. The van der Waals surface area contributed by atoms with Crippen LogP contribution in [0.1, 0.15) is 29.8 Å². The van der Waals surface area contributed by atoms with E-state index in [-0.39, 0.29) is 23.7 Å². The molecule has 0 saturated carbocycles. The van der Waals surface area contributed by atoms with Crippen LogP contribution in [-0.4, -0.2) is 50.0 Å². The number of ether oxygens (including phenoxy) is 1. The molecule has 0 spiro atoms. The molecule has 0 saturated heterocycles. The summed E-state index contributed by atoms with van der Waals surface area (Å²) >= 11 is 0. The van der Waals surface area contributed by atoms with E-state index in [1.54, 1.807) is 38.1 Å². The lowest BCUT2D eigenvalue weighted by molar-refractivity contribution is -0.384. The first kappa shape index (κ1) is 23.0. The number of carbonyl (C=O) groups excluding carboxylic acids is 1. The first-order valence-corrected chi connectivity index (χ1v) is 10.4. The number of methoxy groups -OCH3 is 1. The van der Waals surface area contributed by atoms with Gasteiger partial charge >= 0.3 is 5.97 Å². The molecule has 2 aromatic carbocycles. The topological polar surface area (TPSA) is 131 Å². The van der Waals surface area contributed by atoms with Crippen LogP contribution in [-0.2, 0) is 14.8 Å². The van der Waals surface area contributed by atoms with Crippen molar-refractivity contribution in [1.82, 2.24) is 4.31 Å². The Balaban J connectivity index is 2.25. The number of benzene rings is 2. The minimum absolute atomic E-state index is 0.0425. The van der Waals surface area contributed by atoms with Crippen LogP contribution >= 0.6 is 0 Å². The Morgan fingerprint density at radius 1 is 1.20 bits per heavy atom. The zero-order valence-electron chi connectivity index (χ0n) is 16.7. The summed E-state index contributed by atoms with van der Waals surface area (Å²) in [4.78, 5) is 22.0. The Morgan fingerprint density at radius 3 is 2.37 bits per heavy atom. The van der Waals surface area contributed by atoms with Crippen LogP contribution in [0.2, 0.25) is 0 Å². The minimum Gasteiger partial charge on any atom is -0.465 e. The number of nitro benzene ring substituents is 1. The van der Waals surface area contributed by atoms with Crippen molar-refractivity contribution in [2.24, 2.45) is 5.10 Å². The maximum Gasteiger partial charge on any atom is 0.337 e. The molecule has 1 N–H and O–H groups in total. The van der Waals surface area contributed by atoms with Gasteiger partial charge in [0.05, 0.1) is 28.7 Å². The summed E-state index contributed by atoms with van der Waals surface area (Å²) < 4.78 is 31.0. The molecule has 160 valence electrons. The molecule has 0 atom stereocenters. The molecule has 0 aliphatic rings. The van der Waals surface area contributed by atoms with Gasteiger partial charge in [-0.2, -0.15) is 9.41 Å². The highest BCUT2D eigenvalue weighted by atomic mass is 32.2. The third kappa shape index (κ3) is 5.19.